The van der Waals surface area contributed by atoms with E-state index in [0.29, 0.717) is 0 Å². The number of rotatable bonds is 2. The summed E-state index contributed by atoms with van der Waals surface area (Å²) >= 11 is 0. The Kier molecular flexibility index (Phi) is 3.86. The van der Waals surface area contributed by atoms with Crippen molar-refractivity contribution in [2.75, 3.05) is 19.6 Å². The Morgan fingerprint density at radius 1 is 1.00 bits per heavy atom. The van der Waals surface area contributed by atoms with Crippen LogP contribution in [0.2, 0.25) is 0 Å². The lowest BCUT2D eigenvalue weighted by molar-refractivity contribution is 0.158. The average molecular weight is 195 g/mol. The van der Waals surface area contributed by atoms with Gasteiger partial charge in [-0.3, -0.25) is 0 Å². The molecule has 0 amide bonds. The minimum absolute atomic E-state index is 0.999. The summed E-state index contributed by atoms with van der Waals surface area (Å²) in [7, 11) is 0. The van der Waals surface area contributed by atoms with Crippen molar-refractivity contribution in [3.05, 3.63) is 0 Å². The molecular formula is C13H25N. The first-order valence-electron chi connectivity index (χ1n) is 6.57. The Balaban J connectivity index is 1.72. The van der Waals surface area contributed by atoms with Gasteiger partial charge in [0, 0.05) is 6.54 Å². The van der Waals surface area contributed by atoms with Crippen molar-refractivity contribution < 1.29 is 0 Å². The van der Waals surface area contributed by atoms with Gasteiger partial charge in [0.2, 0.25) is 0 Å². The molecule has 1 saturated carbocycles. The topological polar surface area (TPSA) is 3.24 Å². The van der Waals surface area contributed by atoms with Gasteiger partial charge in [0.25, 0.3) is 0 Å². The van der Waals surface area contributed by atoms with Gasteiger partial charge in [-0.2, -0.15) is 0 Å². The monoisotopic (exact) mass is 195 g/mol. The maximum absolute atomic E-state index is 2.71. The van der Waals surface area contributed by atoms with E-state index in [1.54, 1.807) is 0 Å². The van der Waals surface area contributed by atoms with Gasteiger partial charge < -0.3 is 4.90 Å². The van der Waals surface area contributed by atoms with Crippen molar-refractivity contribution in [2.45, 2.75) is 51.9 Å². The highest BCUT2D eigenvalue weighted by molar-refractivity contribution is 4.75. The lowest BCUT2D eigenvalue weighted by Crippen LogP contribution is -2.35. The van der Waals surface area contributed by atoms with Crippen LogP contribution in [0.5, 0.6) is 0 Å². The molecule has 0 spiro atoms. The predicted octanol–water partition coefficient (Wildman–Crippen LogP) is 3.30. The molecule has 2 aliphatic rings. The molecule has 0 radical (unpaired) electrons. The lowest BCUT2D eigenvalue weighted by atomic mass is 9.82. The number of hydrogen-bond donors (Lipinski definition) is 0. The summed E-state index contributed by atoms with van der Waals surface area (Å²) in [6, 6.07) is 0. The van der Waals surface area contributed by atoms with Gasteiger partial charge in [-0.05, 0) is 50.6 Å². The molecule has 2 rings (SSSR count). The summed E-state index contributed by atoms with van der Waals surface area (Å²) in [5.41, 5.74) is 0. The van der Waals surface area contributed by atoms with Crippen molar-refractivity contribution >= 4 is 0 Å². The molecule has 82 valence electrons. The minimum atomic E-state index is 0.999. The summed E-state index contributed by atoms with van der Waals surface area (Å²) in [5, 5.41) is 0. The highest BCUT2D eigenvalue weighted by Gasteiger charge is 2.21. The highest BCUT2D eigenvalue weighted by Crippen LogP contribution is 2.29. The van der Waals surface area contributed by atoms with E-state index < -0.39 is 0 Å². The van der Waals surface area contributed by atoms with Gasteiger partial charge in [0.05, 0.1) is 0 Å². The second-order valence-electron chi connectivity index (χ2n) is 5.50. The van der Waals surface area contributed by atoms with Crippen LogP contribution in [0.4, 0.5) is 0 Å². The van der Waals surface area contributed by atoms with Crippen molar-refractivity contribution in [3.8, 4) is 0 Å². The molecule has 2 atom stereocenters. The minimum Gasteiger partial charge on any atom is -0.303 e. The molecule has 1 heterocycles. The molecule has 2 fully saturated rings. The maximum atomic E-state index is 2.71. The van der Waals surface area contributed by atoms with Crippen LogP contribution in [-0.4, -0.2) is 24.5 Å². The molecule has 0 aromatic rings. The fraction of sp³-hybridized carbons (Fsp3) is 1.00. The van der Waals surface area contributed by atoms with Crippen molar-refractivity contribution in [1.29, 1.82) is 0 Å². The van der Waals surface area contributed by atoms with Gasteiger partial charge in [0.1, 0.15) is 0 Å². The van der Waals surface area contributed by atoms with Gasteiger partial charge in [-0.25, -0.2) is 0 Å². The standard InChI is InChI=1S/C13H25N/c1-12-6-5-7-13(10-12)11-14-8-3-2-4-9-14/h12-13H,2-11H2,1H3. The van der Waals surface area contributed by atoms with Crippen LogP contribution in [0.15, 0.2) is 0 Å². The van der Waals surface area contributed by atoms with Gasteiger partial charge >= 0.3 is 0 Å². The summed E-state index contributed by atoms with van der Waals surface area (Å²) in [6.45, 7) is 6.60. The second kappa shape index (κ2) is 5.16. The van der Waals surface area contributed by atoms with Crippen molar-refractivity contribution in [3.63, 3.8) is 0 Å². The smallest absolute Gasteiger partial charge is 0.000976 e. The zero-order valence-corrected chi connectivity index (χ0v) is 9.67. The second-order valence-corrected chi connectivity index (χ2v) is 5.50. The fourth-order valence-corrected chi connectivity index (χ4v) is 3.23. The van der Waals surface area contributed by atoms with E-state index in [0.717, 1.165) is 11.8 Å². The van der Waals surface area contributed by atoms with E-state index >= 15 is 0 Å². The van der Waals surface area contributed by atoms with Crippen molar-refractivity contribution in [2.24, 2.45) is 11.8 Å². The van der Waals surface area contributed by atoms with Crippen LogP contribution >= 0.6 is 0 Å². The Bertz CT molecular complexity index is 161. The zero-order valence-electron chi connectivity index (χ0n) is 9.67. The van der Waals surface area contributed by atoms with Crippen LogP contribution in [0.1, 0.15) is 51.9 Å². The summed E-state index contributed by atoms with van der Waals surface area (Å²) in [4.78, 5) is 2.71. The quantitative estimate of drug-likeness (QED) is 0.653. The zero-order chi connectivity index (χ0) is 9.80. The molecule has 0 bridgehead atoms. The molecule has 1 heteroatoms. The average Bonchev–Trinajstić information content (AvgIpc) is 2.19. The van der Waals surface area contributed by atoms with Crippen LogP contribution < -0.4 is 0 Å². The Labute approximate surface area is 88.9 Å². The van der Waals surface area contributed by atoms with E-state index in [-0.39, 0.29) is 0 Å². The molecule has 0 aromatic carbocycles. The fourth-order valence-electron chi connectivity index (χ4n) is 3.23. The van der Waals surface area contributed by atoms with Gasteiger partial charge in [0.15, 0.2) is 0 Å². The predicted molar refractivity (Wildman–Crippen MR) is 61.4 cm³/mol. The van der Waals surface area contributed by atoms with Crippen LogP contribution in [0, 0.1) is 11.8 Å². The number of likely N-dealkylation sites (tertiary alicyclic amines) is 1. The van der Waals surface area contributed by atoms with E-state index in [2.05, 4.69) is 11.8 Å². The molecule has 1 nitrogen and oxygen atoms in total. The van der Waals surface area contributed by atoms with Crippen molar-refractivity contribution in [1.82, 2.24) is 4.90 Å². The Morgan fingerprint density at radius 2 is 1.79 bits per heavy atom. The summed E-state index contributed by atoms with van der Waals surface area (Å²) in [6.07, 6.45) is 10.3. The van der Waals surface area contributed by atoms with Gasteiger partial charge in [-0.1, -0.05) is 26.2 Å². The van der Waals surface area contributed by atoms with Crippen LogP contribution in [0.25, 0.3) is 0 Å². The molecule has 14 heavy (non-hydrogen) atoms. The third-order valence-electron chi connectivity index (χ3n) is 4.01. The highest BCUT2D eigenvalue weighted by atomic mass is 15.1. The summed E-state index contributed by atoms with van der Waals surface area (Å²) < 4.78 is 0. The van der Waals surface area contributed by atoms with E-state index in [1.165, 1.54) is 64.6 Å². The largest absolute Gasteiger partial charge is 0.303 e. The first kappa shape index (κ1) is 10.5. The lowest BCUT2D eigenvalue weighted by Gasteiger charge is -2.34. The normalized spacial score (nSPS) is 35.8. The molecule has 1 aliphatic heterocycles. The van der Waals surface area contributed by atoms with E-state index in [9.17, 15) is 0 Å². The van der Waals surface area contributed by atoms with E-state index in [1.807, 2.05) is 0 Å². The van der Waals surface area contributed by atoms with Gasteiger partial charge in [-0.15, -0.1) is 0 Å². The van der Waals surface area contributed by atoms with E-state index in [4.69, 9.17) is 0 Å². The number of piperidine rings is 1. The van der Waals surface area contributed by atoms with Crippen LogP contribution in [-0.2, 0) is 0 Å². The molecule has 0 aromatic heterocycles. The third kappa shape index (κ3) is 2.98. The molecule has 1 aliphatic carbocycles. The first-order valence-corrected chi connectivity index (χ1v) is 6.57. The SMILES string of the molecule is CC1CCCC(CN2CCCCC2)C1. The maximum Gasteiger partial charge on any atom is 0.000976 e. The summed E-state index contributed by atoms with van der Waals surface area (Å²) in [5.74, 6) is 2.02. The molecular weight excluding hydrogens is 170 g/mol. The number of hydrogen-bond acceptors (Lipinski definition) is 1. The third-order valence-corrected chi connectivity index (χ3v) is 4.01. The molecule has 0 N–H and O–H groups in total. The Morgan fingerprint density at radius 3 is 2.50 bits per heavy atom. The molecule has 1 saturated heterocycles. The number of nitrogens with zero attached hydrogens (tertiary/aromatic N) is 1. The molecule has 2 unspecified atom stereocenters. The first-order chi connectivity index (χ1) is 6.84. The Hall–Kier alpha value is -0.0400. The van der Waals surface area contributed by atoms with Crippen LogP contribution in [0.3, 0.4) is 0 Å².